The van der Waals surface area contributed by atoms with Crippen molar-refractivity contribution in [3.8, 4) is 5.75 Å². The summed E-state index contributed by atoms with van der Waals surface area (Å²) in [5, 5.41) is 12.2. The SMILES string of the molecule is Cc1ccccc1C(C)NC(=O)c1cncc(O)c1. The zero-order chi connectivity index (χ0) is 13.8. The highest BCUT2D eigenvalue weighted by molar-refractivity contribution is 5.94. The first-order valence-electron chi connectivity index (χ1n) is 6.08. The Balaban J connectivity index is 2.13. The Kier molecular flexibility index (Phi) is 3.80. The van der Waals surface area contributed by atoms with Gasteiger partial charge in [0.05, 0.1) is 17.8 Å². The first kappa shape index (κ1) is 13.1. The molecule has 0 bridgehead atoms. The van der Waals surface area contributed by atoms with E-state index in [1.54, 1.807) is 0 Å². The minimum atomic E-state index is -0.251. The van der Waals surface area contributed by atoms with Gasteiger partial charge >= 0.3 is 0 Å². The third-order valence-corrected chi connectivity index (χ3v) is 2.99. The number of aromatic hydroxyl groups is 1. The minimum Gasteiger partial charge on any atom is -0.506 e. The normalized spacial score (nSPS) is 11.9. The lowest BCUT2D eigenvalue weighted by atomic mass is 10.0. The second kappa shape index (κ2) is 5.52. The van der Waals surface area contributed by atoms with Crippen molar-refractivity contribution in [2.75, 3.05) is 0 Å². The van der Waals surface area contributed by atoms with E-state index in [2.05, 4.69) is 10.3 Å². The molecule has 1 aromatic heterocycles. The van der Waals surface area contributed by atoms with Crippen LogP contribution in [0.2, 0.25) is 0 Å². The predicted octanol–water partition coefficient (Wildman–Crippen LogP) is 2.59. The largest absolute Gasteiger partial charge is 0.506 e. The Morgan fingerprint density at radius 3 is 2.74 bits per heavy atom. The van der Waals surface area contributed by atoms with E-state index in [0.717, 1.165) is 11.1 Å². The predicted molar refractivity (Wildman–Crippen MR) is 73.0 cm³/mol. The molecule has 0 fully saturated rings. The smallest absolute Gasteiger partial charge is 0.253 e. The zero-order valence-corrected chi connectivity index (χ0v) is 10.9. The first-order chi connectivity index (χ1) is 9.08. The summed E-state index contributed by atoms with van der Waals surface area (Å²) < 4.78 is 0. The van der Waals surface area contributed by atoms with Crippen LogP contribution in [0.1, 0.15) is 34.5 Å². The van der Waals surface area contributed by atoms with Gasteiger partial charge in [0.2, 0.25) is 0 Å². The molecule has 1 aromatic carbocycles. The van der Waals surface area contributed by atoms with Crippen LogP contribution in [-0.2, 0) is 0 Å². The number of aryl methyl sites for hydroxylation is 1. The molecule has 0 radical (unpaired) electrons. The van der Waals surface area contributed by atoms with Crippen LogP contribution in [0.4, 0.5) is 0 Å². The number of nitrogens with zero attached hydrogens (tertiary/aromatic N) is 1. The average Bonchev–Trinajstić information content (AvgIpc) is 2.39. The standard InChI is InChI=1S/C15H16N2O2/c1-10-5-3-4-6-14(10)11(2)17-15(19)12-7-13(18)9-16-8-12/h3-9,11,18H,1-2H3,(H,17,19). The van der Waals surface area contributed by atoms with Gasteiger partial charge in [0, 0.05) is 6.20 Å². The molecular weight excluding hydrogens is 240 g/mol. The van der Waals surface area contributed by atoms with Crippen LogP contribution in [0, 0.1) is 6.92 Å². The monoisotopic (exact) mass is 256 g/mol. The van der Waals surface area contributed by atoms with E-state index >= 15 is 0 Å². The van der Waals surface area contributed by atoms with Crippen molar-refractivity contribution in [2.45, 2.75) is 19.9 Å². The van der Waals surface area contributed by atoms with E-state index in [-0.39, 0.29) is 17.7 Å². The van der Waals surface area contributed by atoms with Crippen molar-refractivity contribution in [1.29, 1.82) is 0 Å². The van der Waals surface area contributed by atoms with Gasteiger partial charge in [-0.3, -0.25) is 9.78 Å². The molecule has 0 aliphatic carbocycles. The van der Waals surface area contributed by atoms with E-state index in [1.165, 1.54) is 18.5 Å². The topological polar surface area (TPSA) is 62.2 Å². The number of rotatable bonds is 3. The number of carbonyl (C=O) groups is 1. The van der Waals surface area contributed by atoms with Crippen LogP contribution in [0.5, 0.6) is 5.75 Å². The van der Waals surface area contributed by atoms with Gasteiger partial charge in [0.25, 0.3) is 5.91 Å². The van der Waals surface area contributed by atoms with Crippen molar-refractivity contribution in [3.63, 3.8) is 0 Å². The molecule has 1 atom stereocenters. The van der Waals surface area contributed by atoms with E-state index in [4.69, 9.17) is 0 Å². The lowest BCUT2D eigenvalue weighted by molar-refractivity contribution is 0.0939. The summed E-state index contributed by atoms with van der Waals surface area (Å²) in [6.45, 7) is 3.93. The van der Waals surface area contributed by atoms with Crippen molar-refractivity contribution in [2.24, 2.45) is 0 Å². The summed E-state index contributed by atoms with van der Waals surface area (Å²) in [6, 6.07) is 9.20. The molecule has 1 heterocycles. The molecular formula is C15H16N2O2. The minimum absolute atomic E-state index is 0.0174. The molecule has 0 saturated heterocycles. The lowest BCUT2D eigenvalue weighted by Crippen LogP contribution is -2.27. The van der Waals surface area contributed by atoms with Gasteiger partial charge in [-0.25, -0.2) is 0 Å². The zero-order valence-electron chi connectivity index (χ0n) is 10.9. The van der Waals surface area contributed by atoms with Gasteiger partial charge in [0.15, 0.2) is 0 Å². The quantitative estimate of drug-likeness (QED) is 0.887. The highest BCUT2D eigenvalue weighted by Gasteiger charge is 2.13. The Bertz CT molecular complexity index is 596. The molecule has 0 saturated carbocycles. The van der Waals surface area contributed by atoms with Gasteiger partial charge in [-0.2, -0.15) is 0 Å². The summed E-state index contributed by atoms with van der Waals surface area (Å²) in [4.78, 5) is 15.8. The number of pyridine rings is 1. The molecule has 0 aliphatic rings. The number of hydrogen-bond acceptors (Lipinski definition) is 3. The summed E-state index contributed by atoms with van der Waals surface area (Å²) in [5.41, 5.74) is 2.55. The molecule has 2 rings (SSSR count). The third-order valence-electron chi connectivity index (χ3n) is 2.99. The van der Waals surface area contributed by atoms with Crippen LogP contribution in [0.25, 0.3) is 0 Å². The van der Waals surface area contributed by atoms with Gasteiger partial charge in [-0.05, 0) is 31.0 Å². The first-order valence-corrected chi connectivity index (χ1v) is 6.08. The number of carbonyl (C=O) groups excluding carboxylic acids is 1. The van der Waals surface area contributed by atoms with Gasteiger partial charge in [-0.1, -0.05) is 24.3 Å². The second-order valence-electron chi connectivity index (χ2n) is 4.48. The van der Waals surface area contributed by atoms with Crippen molar-refractivity contribution in [1.82, 2.24) is 10.3 Å². The molecule has 19 heavy (non-hydrogen) atoms. The Morgan fingerprint density at radius 2 is 2.05 bits per heavy atom. The molecule has 2 aromatic rings. The fourth-order valence-corrected chi connectivity index (χ4v) is 1.98. The summed E-state index contributed by atoms with van der Waals surface area (Å²) in [6.07, 6.45) is 2.72. The van der Waals surface area contributed by atoms with E-state index in [1.807, 2.05) is 38.1 Å². The summed E-state index contributed by atoms with van der Waals surface area (Å²) in [5.74, 6) is -0.268. The van der Waals surface area contributed by atoms with Crippen LogP contribution >= 0.6 is 0 Å². The van der Waals surface area contributed by atoms with Crippen LogP contribution in [0.15, 0.2) is 42.7 Å². The van der Waals surface area contributed by atoms with Gasteiger partial charge < -0.3 is 10.4 Å². The number of aromatic nitrogens is 1. The van der Waals surface area contributed by atoms with Crippen molar-refractivity contribution < 1.29 is 9.90 Å². The maximum absolute atomic E-state index is 12.0. The number of benzene rings is 1. The molecule has 0 aliphatic heterocycles. The molecule has 0 spiro atoms. The molecule has 4 heteroatoms. The number of nitrogens with one attached hydrogen (secondary N) is 1. The highest BCUT2D eigenvalue weighted by Crippen LogP contribution is 2.17. The maximum Gasteiger partial charge on any atom is 0.253 e. The van der Waals surface area contributed by atoms with Crippen molar-refractivity contribution >= 4 is 5.91 Å². The van der Waals surface area contributed by atoms with Gasteiger partial charge in [-0.15, -0.1) is 0 Å². The summed E-state index contributed by atoms with van der Waals surface area (Å²) in [7, 11) is 0. The Hall–Kier alpha value is -2.36. The van der Waals surface area contributed by atoms with Gasteiger partial charge in [0.1, 0.15) is 5.75 Å². The lowest BCUT2D eigenvalue weighted by Gasteiger charge is -2.16. The van der Waals surface area contributed by atoms with Crippen LogP contribution < -0.4 is 5.32 Å². The fraction of sp³-hybridized carbons (Fsp3) is 0.200. The van der Waals surface area contributed by atoms with Crippen molar-refractivity contribution in [3.05, 3.63) is 59.4 Å². The molecule has 1 unspecified atom stereocenters. The summed E-state index contributed by atoms with van der Waals surface area (Å²) >= 11 is 0. The Morgan fingerprint density at radius 1 is 1.32 bits per heavy atom. The average molecular weight is 256 g/mol. The fourth-order valence-electron chi connectivity index (χ4n) is 1.98. The van der Waals surface area contributed by atoms with E-state index in [0.29, 0.717) is 5.56 Å². The molecule has 2 N–H and O–H groups in total. The molecule has 4 nitrogen and oxygen atoms in total. The molecule has 98 valence electrons. The highest BCUT2D eigenvalue weighted by atomic mass is 16.3. The number of amides is 1. The third kappa shape index (κ3) is 3.10. The van der Waals surface area contributed by atoms with E-state index < -0.39 is 0 Å². The molecule has 1 amide bonds. The Labute approximate surface area is 112 Å². The van der Waals surface area contributed by atoms with E-state index in [9.17, 15) is 9.90 Å². The van der Waals surface area contributed by atoms with Crippen LogP contribution in [-0.4, -0.2) is 16.0 Å². The van der Waals surface area contributed by atoms with Crippen LogP contribution in [0.3, 0.4) is 0 Å². The second-order valence-corrected chi connectivity index (χ2v) is 4.48. The number of hydrogen-bond donors (Lipinski definition) is 2. The maximum atomic E-state index is 12.0.